The zero-order valence-corrected chi connectivity index (χ0v) is 14.9. The average Bonchev–Trinajstić information content (AvgIpc) is 3.41. The van der Waals surface area contributed by atoms with Gasteiger partial charge >= 0.3 is 0 Å². The minimum Gasteiger partial charge on any atom is -0.404 e. The summed E-state index contributed by atoms with van der Waals surface area (Å²) in [6, 6.07) is -0.139. The van der Waals surface area contributed by atoms with Crippen LogP contribution in [0.4, 0.5) is 10.2 Å². The number of nitrogens with zero attached hydrogens (tertiary/aromatic N) is 2. The summed E-state index contributed by atoms with van der Waals surface area (Å²) in [6.07, 6.45) is 5.70. The number of amides is 1. The van der Waals surface area contributed by atoms with Crippen LogP contribution in [0.25, 0.3) is 5.57 Å². The van der Waals surface area contributed by atoms with Gasteiger partial charge in [-0.3, -0.25) is 9.79 Å². The topological polar surface area (TPSA) is 128 Å². The van der Waals surface area contributed by atoms with Crippen LogP contribution in [-0.2, 0) is 11.3 Å². The van der Waals surface area contributed by atoms with Gasteiger partial charge in [-0.25, -0.2) is 9.37 Å². The molecule has 144 valence electrons. The number of rotatable bonds is 5. The lowest BCUT2D eigenvalue weighted by Crippen LogP contribution is -2.48. The second-order valence-electron chi connectivity index (χ2n) is 7.07. The number of aliphatic imine (C=N–C) groups is 1. The molecule has 1 amide bonds. The van der Waals surface area contributed by atoms with Crippen molar-refractivity contribution in [2.75, 3.05) is 18.5 Å². The number of fused-ring (bicyclic) bond motifs is 1. The highest BCUT2D eigenvalue weighted by Crippen LogP contribution is 2.31. The normalized spacial score (nSPS) is 25.6. The number of ether oxygens (including phenoxy) is 1. The molecule has 2 fully saturated rings. The van der Waals surface area contributed by atoms with Gasteiger partial charge in [0.2, 0.25) is 0 Å². The summed E-state index contributed by atoms with van der Waals surface area (Å²) in [5, 5.41) is 5.76. The fourth-order valence-corrected chi connectivity index (χ4v) is 3.29. The maximum Gasteiger partial charge on any atom is 0.254 e. The van der Waals surface area contributed by atoms with Gasteiger partial charge in [0, 0.05) is 48.8 Å². The smallest absolute Gasteiger partial charge is 0.254 e. The largest absolute Gasteiger partial charge is 0.404 e. The Morgan fingerprint density at radius 3 is 2.93 bits per heavy atom. The van der Waals surface area contributed by atoms with E-state index >= 15 is 4.39 Å². The van der Waals surface area contributed by atoms with Crippen molar-refractivity contribution in [2.24, 2.45) is 16.5 Å². The number of halogens is 1. The Morgan fingerprint density at radius 1 is 1.41 bits per heavy atom. The Balaban J connectivity index is 1.73. The quantitative estimate of drug-likeness (QED) is 0.557. The molecule has 0 radical (unpaired) electrons. The van der Waals surface area contributed by atoms with E-state index in [1.807, 2.05) is 0 Å². The summed E-state index contributed by atoms with van der Waals surface area (Å²) in [7, 11) is 0. The molecule has 0 bridgehead atoms. The zero-order valence-electron chi connectivity index (χ0n) is 14.9. The van der Waals surface area contributed by atoms with E-state index in [-0.39, 0.29) is 41.5 Å². The van der Waals surface area contributed by atoms with E-state index in [0.29, 0.717) is 36.9 Å². The molecule has 3 heterocycles. The first-order valence-electron chi connectivity index (χ1n) is 9.14. The molecule has 4 rings (SSSR count). The molecule has 6 N–H and O–H groups in total. The minimum atomic E-state index is -0.540. The van der Waals surface area contributed by atoms with Gasteiger partial charge in [-0.15, -0.1) is 0 Å². The highest BCUT2D eigenvalue weighted by molar-refractivity contribution is 6.14. The first kappa shape index (κ1) is 17.9. The van der Waals surface area contributed by atoms with Crippen LogP contribution < -0.4 is 22.1 Å². The van der Waals surface area contributed by atoms with Gasteiger partial charge in [0.1, 0.15) is 0 Å². The van der Waals surface area contributed by atoms with Crippen LogP contribution in [0.15, 0.2) is 11.2 Å². The third-order valence-electron chi connectivity index (χ3n) is 5.03. The second-order valence-corrected chi connectivity index (χ2v) is 7.07. The van der Waals surface area contributed by atoms with Crippen molar-refractivity contribution < 1.29 is 13.9 Å². The molecule has 1 saturated carbocycles. The van der Waals surface area contributed by atoms with E-state index < -0.39 is 5.82 Å². The fourth-order valence-electron chi connectivity index (χ4n) is 3.29. The molecule has 2 unspecified atom stereocenters. The third-order valence-corrected chi connectivity index (χ3v) is 5.03. The Bertz CT molecular complexity index is 821. The van der Waals surface area contributed by atoms with Crippen molar-refractivity contribution in [2.45, 2.75) is 43.9 Å². The lowest BCUT2D eigenvalue weighted by Gasteiger charge is -2.30. The Hall–Kier alpha value is -2.52. The summed E-state index contributed by atoms with van der Waals surface area (Å²) in [5.41, 5.74) is 13.2. The van der Waals surface area contributed by atoms with Gasteiger partial charge in [-0.05, 0) is 19.3 Å². The van der Waals surface area contributed by atoms with Crippen LogP contribution in [0, 0.1) is 5.82 Å². The van der Waals surface area contributed by atoms with E-state index in [4.69, 9.17) is 16.2 Å². The number of hydrogen-bond donors (Lipinski definition) is 4. The van der Waals surface area contributed by atoms with E-state index in [9.17, 15) is 4.79 Å². The molecule has 2 aliphatic heterocycles. The molecule has 0 spiro atoms. The number of hydrogen-bond acceptors (Lipinski definition) is 7. The van der Waals surface area contributed by atoms with Gasteiger partial charge in [0.25, 0.3) is 5.91 Å². The lowest BCUT2D eigenvalue weighted by molar-refractivity contribution is 0.0751. The van der Waals surface area contributed by atoms with E-state index in [1.54, 1.807) is 6.21 Å². The Morgan fingerprint density at radius 2 is 2.22 bits per heavy atom. The summed E-state index contributed by atoms with van der Waals surface area (Å²) in [4.78, 5) is 21.1. The molecular formula is C18H23FN6O2. The highest BCUT2D eigenvalue weighted by atomic mass is 19.1. The number of allylic oxidation sites excluding steroid dienone is 1. The van der Waals surface area contributed by atoms with Gasteiger partial charge in [-0.2, -0.15) is 0 Å². The molecule has 9 heteroatoms. The number of carbonyl (C=O) groups excluding carboxylic acids is 1. The molecule has 1 saturated heterocycles. The number of carbonyl (C=O) groups is 1. The predicted octanol–water partition coefficient (Wildman–Crippen LogP) is 0.525. The molecule has 1 aromatic heterocycles. The van der Waals surface area contributed by atoms with E-state index in [2.05, 4.69) is 20.6 Å². The SMILES string of the molecule is NC=C(C=NC1CC1)c1nc(NC2CCOCC2N)c(F)c2c1C(=O)NC2. The molecule has 1 aliphatic carbocycles. The average molecular weight is 374 g/mol. The van der Waals surface area contributed by atoms with Crippen molar-refractivity contribution in [3.8, 4) is 0 Å². The number of aromatic nitrogens is 1. The van der Waals surface area contributed by atoms with Crippen molar-refractivity contribution in [1.82, 2.24) is 10.3 Å². The molecule has 0 aromatic carbocycles. The Labute approximate surface area is 156 Å². The zero-order chi connectivity index (χ0) is 19.0. The van der Waals surface area contributed by atoms with E-state index in [0.717, 1.165) is 12.8 Å². The lowest BCUT2D eigenvalue weighted by atomic mass is 10.0. The van der Waals surface area contributed by atoms with Gasteiger partial charge < -0.3 is 26.8 Å². The summed E-state index contributed by atoms with van der Waals surface area (Å²) < 4.78 is 20.4. The molecule has 1 aromatic rings. The molecule has 8 nitrogen and oxygen atoms in total. The van der Waals surface area contributed by atoms with Crippen LogP contribution in [-0.4, -0.2) is 48.4 Å². The Kier molecular flexibility index (Phi) is 4.79. The van der Waals surface area contributed by atoms with Crippen molar-refractivity contribution in [3.63, 3.8) is 0 Å². The first-order chi connectivity index (χ1) is 13.1. The van der Waals surface area contributed by atoms with Crippen LogP contribution >= 0.6 is 0 Å². The van der Waals surface area contributed by atoms with Crippen molar-refractivity contribution >= 4 is 23.5 Å². The summed E-state index contributed by atoms with van der Waals surface area (Å²) in [6.45, 7) is 1.06. The number of nitrogens with one attached hydrogen (secondary N) is 2. The number of anilines is 1. The summed E-state index contributed by atoms with van der Waals surface area (Å²) >= 11 is 0. The molecule has 2 atom stereocenters. The summed E-state index contributed by atoms with van der Waals surface area (Å²) in [5.74, 6) is -0.831. The van der Waals surface area contributed by atoms with E-state index in [1.165, 1.54) is 6.20 Å². The standard InChI is InChI=1S/C18H23FN6O2/c19-15-11-7-23-18(26)14(11)16(9(5-20)6-22-10-1-2-10)25-17(15)24-13-3-4-27-8-12(13)21/h5-6,10,12-13H,1-4,7-8,20-21H2,(H,23,26)(H,24,25). The van der Waals surface area contributed by atoms with Crippen molar-refractivity contribution in [1.29, 1.82) is 0 Å². The second kappa shape index (κ2) is 7.24. The van der Waals surface area contributed by atoms with Crippen LogP contribution in [0.2, 0.25) is 0 Å². The number of nitrogens with two attached hydrogens (primary N) is 2. The molecule has 27 heavy (non-hydrogen) atoms. The van der Waals surface area contributed by atoms with Crippen LogP contribution in [0.5, 0.6) is 0 Å². The monoisotopic (exact) mass is 374 g/mol. The maximum atomic E-state index is 15.0. The predicted molar refractivity (Wildman–Crippen MR) is 99.9 cm³/mol. The minimum absolute atomic E-state index is 0.0711. The van der Waals surface area contributed by atoms with Gasteiger partial charge in [0.05, 0.1) is 23.9 Å². The van der Waals surface area contributed by atoms with Crippen LogP contribution in [0.3, 0.4) is 0 Å². The highest BCUT2D eigenvalue weighted by Gasteiger charge is 2.32. The third kappa shape index (κ3) is 3.52. The number of pyridine rings is 1. The van der Waals surface area contributed by atoms with Gasteiger partial charge in [0.15, 0.2) is 11.6 Å². The van der Waals surface area contributed by atoms with Crippen LogP contribution in [0.1, 0.15) is 40.9 Å². The fraction of sp³-hybridized carbons (Fsp3) is 0.500. The maximum absolute atomic E-state index is 15.0. The van der Waals surface area contributed by atoms with Crippen molar-refractivity contribution in [3.05, 3.63) is 28.8 Å². The first-order valence-corrected chi connectivity index (χ1v) is 9.14. The van der Waals surface area contributed by atoms with Gasteiger partial charge in [-0.1, -0.05) is 0 Å². The molecular weight excluding hydrogens is 351 g/mol. The molecule has 3 aliphatic rings.